The van der Waals surface area contributed by atoms with E-state index >= 15 is 0 Å². The lowest BCUT2D eigenvalue weighted by Gasteiger charge is -2.18. The second-order valence-corrected chi connectivity index (χ2v) is 19.5. The van der Waals surface area contributed by atoms with Crippen molar-refractivity contribution in [3.63, 3.8) is 0 Å². The van der Waals surface area contributed by atoms with Gasteiger partial charge in [-0.05, 0) is 128 Å². The van der Waals surface area contributed by atoms with Crippen molar-refractivity contribution in [3.8, 4) is 0 Å². The van der Waals surface area contributed by atoms with E-state index in [1.54, 1.807) is 0 Å². The van der Waals surface area contributed by atoms with Crippen LogP contribution >= 0.6 is 0 Å². The summed E-state index contributed by atoms with van der Waals surface area (Å²) in [4.78, 5) is 25.6. The number of allylic oxidation sites excluding steroid dienone is 20. The Balaban J connectivity index is 4.38. The van der Waals surface area contributed by atoms with Crippen LogP contribution in [0.2, 0.25) is 0 Å². The number of hydrogen-bond acceptors (Lipinski definition) is 5. The molecule has 0 spiro atoms. The van der Waals surface area contributed by atoms with Crippen molar-refractivity contribution in [2.24, 2.45) is 0 Å². The maximum Gasteiger partial charge on any atom is 0.306 e. The van der Waals surface area contributed by atoms with E-state index in [1.807, 2.05) is 0 Å². The minimum absolute atomic E-state index is 0.0568. The smallest absolute Gasteiger partial charge is 0.306 e. The highest BCUT2D eigenvalue weighted by atomic mass is 16.6. The number of carbonyl (C=O) groups is 2. The lowest BCUT2D eigenvalue weighted by Crippen LogP contribution is -2.30. The van der Waals surface area contributed by atoms with Gasteiger partial charge in [-0.15, -0.1) is 0 Å². The second kappa shape index (κ2) is 61.6. The Morgan fingerprint density at radius 2 is 0.625 bits per heavy atom. The molecule has 0 heterocycles. The molecule has 1 atom stereocenters. The number of unbranched alkanes of at least 4 members (excludes halogenated alkanes) is 23. The van der Waals surface area contributed by atoms with Gasteiger partial charge in [-0.2, -0.15) is 0 Å². The van der Waals surface area contributed by atoms with Crippen molar-refractivity contribution in [1.82, 2.24) is 0 Å². The van der Waals surface area contributed by atoms with Gasteiger partial charge in [0.25, 0.3) is 0 Å². The van der Waals surface area contributed by atoms with Crippen molar-refractivity contribution in [2.45, 2.75) is 271 Å². The molecule has 5 heteroatoms. The molecule has 0 aliphatic carbocycles. The fourth-order valence-corrected chi connectivity index (χ4v) is 8.05. The molecular weight excluding hydrogens is 885 g/mol. The van der Waals surface area contributed by atoms with E-state index in [9.17, 15) is 9.59 Å². The Bertz CT molecular complexity index is 1450. The van der Waals surface area contributed by atoms with Crippen molar-refractivity contribution >= 4 is 11.9 Å². The lowest BCUT2D eigenvalue weighted by atomic mass is 10.1. The third-order valence-electron chi connectivity index (χ3n) is 12.5. The summed E-state index contributed by atoms with van der Waals surface area (Å²) >= 11 is 0. The molecule has 0 saturated heterocycles. The molecule has 0 N–H and O–H groups in total. The molecule has 0 fully saturated rings. The van der Waals surface area contributed by atoms with Crippen molar-refractivity contribution in [1.29, 1.82) is 0 Å². The highest BCUT2D eigenvalue weighted by Gasteiger charge is 2.17. The zero-order chi connectivity index (χ0) is 52.0. The fourth-order valence-electron chi connectivity index (χ4n) is 8.05. The number of rotatable bonds is 54. The van der Waals surface area contributed by atoms with Gasteiger partial charge in [0, 0.05) is 19.4 Å². The molecule has 0 aromatic carbocycles. The first-order chi connectivity index (χ1) is 35.6. The average molecular weight is 998 g/mol. The van der Waals surface area contributed by atoms with Crippen LogP contribution in [0.25, 0.3) is 0 Å². The summed E-state index contributed by atoms with van der Waals surface area (Å²) in [5.74, 6) is -0.444. The van der Waals surface area contributed by atoms with Crippen LogP contribution < -0.4 is 0 Å². The molecule has 0 amide bonds. The molecule has 0 radical (unpaired) electrons. The Morgan fingerprint density at radius 3 is 1.01 bits per heavy atom. The number of hydrogen-bond donors (Lipinski definition) is 0. The third-order valence-corrected chi connectivity index (χ3v) is 12.5. The van der Waals surface area contributed by atoms with Gasteiger partial charge in [-0.3, -0.25) is 9.59 Å². The summed E-state index contributed by atoms with van der Waals surface area (Å²) < 4.78 is 17.5. The lowest BCUT2D eigenvalue weighted by molar-refractivity contribution is -0.163. The minimum atomic E-state index is -0.566. The van der Waals surface area contributed by atoms with E-state index < -0.39 is 6.10 Å². The monoisotopic (exact) mass is 997 g/mol. The molecule has 1 unspecified atom stereocenters. The topological polar surface area (TPSA) is 61.8 Å². The van der Waals surface area contributed by atoms with Gasteiger partial charge in [0.1, 0.15) is 6.61 Å². The molecule has 0 rings (SSSR count). The molecule has 0 aromatic rings. The largest absolute Gasteiger partial charge is 0.462 e. The van der Waals surface area contributed by atoms with E-state index in [2.05, 4.69) is 142 Å². The van der Waals surface area contributed by atoms with Crippen LogP contribution in [0.3, 0.4) is 0 Å². The normalized spacial score (nSPS) is 13.1. The van der Waals surface area contributed by atoms with Crippen molar-refractivity contribution in [3.05, 3.63) is 122 Å². The predicted molar refractivity (Wildman–Crippen MR) is 316 cm³/mol. The molecule has 0 bridgehead atoms. The summed E-state index contributed by atoms with van der Waals surface area (Å²) in [5.41, 5.74) is 0. The van der Waals surface area contributed by atoms with Crippen LogP contribution in [-0.2, 0) is 23.8 Å². The van der Waals surface area contributed by atoms with Crippen LogP contribution in [0, 0.1) is 0 Å². The van der Waals surface area contributed by atoms with Crippen LogP contribution in [0.1, 0.15) is 265 Å². The molecular formula is C67H112O5. The third kappa shape index (κ3) is 58.9. The molecule has 0 saturated carbocycles. The van der Waals surface area contributed by atoms with Gasteiger partial charge in [0.15, 0.2) is 6.10 Å². The molecule has 0 aliphatic heterocycles. The van der Waals surface area contributed by atoms with Gasteiger partial charge in [0.05, 0.1) is 6.61 Å². The van der Waals surface area contributed by atoms with E-state index in [-0.39, 0.29) is 25.2 Å². The molecule has 5 nitrogen and oxygen atoms in total. The summed E-state index contributed by atoms with van der Waals surface area (Å²) in [6, 6.07) is 0. The van der Waals surface area contributed by atoms with Gasteiger partial charge in [-0.1, -0.05) is 245 Å². The first kappa shape index (κ1) is 68.3. The zero-order valence-electron chi connectivity index (χ0n) is 47.2. The number of esters is 2. The SMILES string of the molecule is CC/C=C\C/C=C\C/C=C\C/C=C\C/C=C\CCCCCC(=O)OCC(COCCCCCCCCCC/C=C\C/C=C\C/C=C\CC)OC(=O)CCCCCCCCCCC/C=C\C/C=C\CCCCC. The Morgan fingerprint density at radius 1 is 0.319 bits per heavy atom. The van der Waals surface area contributed by atoms with Gasteiger partial charge in [-0.25, -0.2) is 0 Å². The summed E-state index contributed by atoms with van der Waals surface area (Å²) in [7, 11) is 0. The van der Waals surface area contributed by atoms with Crippen LogP contribution in [0.5, 0.6) is 0 Å². The van der Waals surface area contributed by atoms with Crippen LogP contribution in [0.15, 0.2) is 122 Å². The second-order valence-electron chi connectivity index (χ2n) is 19.5. The quantitative estimate of drug-likeness (QED) is 0.0345. The van der Waals surface area contributed by atoms with Gasteiger partial charge < -0.3 is 14.2 Å². The van der Waals surface area contributed by atoms with E-state index in [4.69, 9.17) is 14.2 Å². The highest BCUT2D eigenvalue weighted by Crippen LogP contribution is 2.14. The zero-order valence-corrected chi connectivity index (χ0v) is 47.2. The standard InChI is InChI=1S/C67H112O5/c1-4-7-10-13-16-19-22-25-28-31-34-36-39-42-45-48-51-54-57-60-66(68)71-64-65(63-70-62-59-56-53-50-47-44-41-38-33-30-27-24-21-18-15-12-9-6-3)72-67(69)61-58-55-52-49-46-43-40-37-35-32-29-26-23-20-17-14-11-8-5-2/h7,9-10,12,16-21,25-30,34,36,42,45,65H,4-6,8,11,13-15,22-24,31-33,35,37-41,43-44,46-64H2,1-3H3/b10-7-,12-9-,19-16-,20-17-,21-18-,28-25-,29-26-,30-27-,36-34-,45-42-. The van der Waals surface area contributed by atoms with Gasteiger partial charge >= 0.3 is 11.9 Å². The molecule has 0 aromatic heterocycles. The fraction of sp³-hybridized carbons (Fsp3) is 0.672. The van der Waals surface area contributed by atoms with E-state index in [0.29, 0.717) is 19.4 Å². The molecule has 0 aliphatic rings. The van der Waals surface area contributed by atoms with Crippen molar-refractivity contribution < 1.29 is 23.8 Å². The maximum atomic E-state index is 12.9. The molecule has 410 valence electrons. The van der Waals surface area contributed by atoms with E-state index in [1.165, 1.54) is 116 Å². The highest BCUT2D eigenvalue weighted by molar-refractivity contribution is 5.70. The molecule has 72 heavy (non-hydrogen) atoms. The Hall–Kier alpha value is -3.70. The van der Waals surface area contributed by atoms with Crippen LogP contribution in [0.4, 0.5) is 0 Å². The summed E-state index contributed by atoms with van der Waals surface area (Å²) in [6.07, 6.45) is 86.5. The summed E-state index contributed by atoms with van der Waals surface area (Å²) in [6.45, 7) is 7.53. The first-order valence-electron chi connectivity index (χ1n) is 30.1. The first-order valence-corrected chi connectivity index (χ1v) is 30.1. The summed E-state index contributed by atoms with van der Waals surface area (Å²) in [5, 5.41) is 0. The average Bonchev–Trinajstić information content (AvgIpc) is 3.38. The Kier molecular flexibility index (Phi) is 58.4. The number of carbonyl (C=O) groups excluding carboxylic acids is 2. The van der Waals surface area contributed by atoms with Gasteiger partial charge in [0.2, 0.25) is 0 Å². The minimum Gasteiger partial charge on any atom is -0.462 e. The maximum absolute atomic E-state index is 12.9. The number of ether oxygens (including phenoxy) is 3. The predicted octanol–water partition coefficient (Wildman–Crippen LogP) is 20.9. The van der Waals surface area contributed by atoms with Crippen molar-refractivity contribution in [2.75, 3.05) is 19.8 Å². The van der Waals surface area contributed by atoms with E-state index in [0.717, 1.165) is 116 Å². The Labute approximate surface area is 446 Å². The van der Waals surface area contributed by atoms with Crippen LogP contribution in [-0.4, -0.2) is 37.9 Å².